The fraction of sp³-hybridized carbons (Fsp3) is 0.545. The molecule has 0 saturated carbocycles. The summed E-state index contributed by atoms with van der Waals surface area (Å²) in [5, 5.41) is 13.7. The Morgan fingerprint density at radius 3 is 3.18 bits per heavy atom. The molecule has 1 aliphatic rings. The van der Waals surface area contributed by atoms with E-state index in [1.807, 2.05) is 0 Å². The van der Waals surface area contributed by atoms with Gasteiger partial charge in [-0.15, -0.1) is 0 Å². The van der Waals surface area contributed by atoms with E-state index in [-0.39, 0.29) is 17.6 Å². The Labute approximate surface area is 123 Å². The van der Waals surface area contributed by atoms with Crippen LogP contribution in [0.4, 0.5) is 0 Å². The molecule has 1 fully saturated rings. The van der Waals surface area contributed by atoms with Gasteiger partial charge in [0.1, 0.15) is 11.9 Å². The molecule has 22 heavy (non-hydrogen) atoms. The highest BCUT2D eigenvalue weighted by molar-refractivity contribution is 5.69. The maximum absolute atomic E-state index is 11.8. The molecule has 11 nitrogen and oxygen atoms in total. The number of aliphatic hydroxyl groups excluding tert-OH is 1. The Bertz CT molecular complexity index is 807. The summed E-state index contributed by atoms with van der Waals surface area (Å²) in [5.74, 6) is 0.418. The SMILES string of the molecule is Cc1nc2c(ncn2[C@@H]2O[C@H](CN=[N+]=[N-])C(N)[C@@H]2O)c(=O)[nH]1. The third-order valence-electron chi connectivity index (χ3n) is 3.58. The van der Waals surface area contributed by atoms with Crippen LogP contribution in [0.2, 0.25) is 0 Å². The Morgan fingerprint density at radius 2 is 2.45 bits per heavy atom. The molecular weight excluding hydrogens is 292 g/mol. The first kappa shape index (κ1) is 14.5. The molecule has 1 saturated heterocycles. The van der Waals surface area contributed by atoms with Gasteiger partial charge < -0.3 is 20.6 Å². The van der Waals surface area contributed by atoms with Crippen LogP contribution in [-0.2, 0) is 4.74 Å². The first-order valence-corrected chi connectivity index (χ1v) is 6.56. The van der Waals surface area contributed by atoms with Crippen molar-refractivity contribution in [2.45, 2.75) is 31.4 Å². The van der Waals surface area contributed by atoms with Gasteiger partial charge in [0.15, 0.2) is 17.4 Å². The van der Waals surface area contributed by atoms with Crippen LogP contribution in [0.25, 0.3) is 21.6 Å². The van der Waals surface area contributed by atoms with Crippen molar-refractivity contribution < 1.29 is 9.84 Å². The number of nitrogens with two attached hydrogens (primary N) is 1. The maximum atomic E-state index is 11.8. The minimum Gasteiger partial charge on any atom is -0.387 e. The van der Waals surface area contributed by atoms with Crippen molar-refractivity contribution >= 4 is 11.2 Å². The van der Waals surface area contributed by atoms with E-state index in [2.05, 4.69) is 25.0 Å². The maximum Gasteiger partial charge on any atom is 0.279 e. The van der Waals surface area contributed by atoms with E-state index in [0.717, 1.165) is 0 Å². The predicted octanol–water partition coefficient (Wildman–Crippen LogP) is -0.676. The zero-order valence-electron chi connectivity index (χ0n) is 11.6. The van der Waals surface area contributed by atoms with E-state index in [1.54, 1.807) is 6.92 Å². The lowest BCUT2D eigenvalue weighted by atomic mass is 10.1. The van der Waals surface area contributed by atoms with Crippen LogP contribution in [-0.4, -0.2) is 49.4 Å². The number of H-pyrrole nitrogens is 1. The molecule has 1 aliphatic heterocycles. The smallest absolute Gasteiger partial charge is 0.279 e. The van der Waals surface area contributed by atoms with Gasteiger partial charge in [0.25, 0.3) is 5.56 Å². The summed E-state index contributed by atoms with van der Waals surface area (Å²) in [4.78, 5) is 25.2. The molecule has 11 heteroatoms. The van der Waals surface area contributed by atoms with Crippen molar-refractivity contribution in [1.29, 1.82) is 0 Å². The fourth-order valence-electron chi connectivity index (χ4n) is 2.49. The van der Waals surface area contributed by atoms with Gasteiger partial charge in [0, 0.05) is 4.91 Å². The lowest BCUT2D eigenvalue weighted by Gasteiger charge is -2.16. The molecule has 0 aromatic carbocycles. The number of hydrogen-bond donors (Lipinski definition) is 3. The normalized spacial score (nSPS) is 28.0. The largest absolute Gasteiger partial charge is 0.387 e. The van der Waals surface area contributed by atoms with E-state index in [0.29, 0.717) is 11.5 Å². The Balaban J connectivity index is 2.01. The number of aliphatic hydroxyl groups is 1. The number of nitrogens with zero attached hydrogens (tertiary/aromatic N) is 6. The molecule has 1 unspecified atom stereocenters. The summed E-state index contributed by atoms with van der Waals surface area (Å²) in [5.41, 5.74) is 14.3. The predicted molar refractivity (Wildman–Crippen MR) is 74.8 cm³/mol. The Hall–Kier alpha value is -2.46. The summed E-state index contributed by atoms with van der Waals surface area (Å²) in [6, 6.07) is -0.726. The van der Waals surface area contributed by atoms with Crippen LogP contribution >= 0.6 is 0 Å². The van der Waals surface area contributed by atoms with Crippen molar-refractivity contribution in [3.63, 3.8) is 0 Å². The number of ether oxygens (including phenoxy) is 1. The molecule has 0 aliphatic carbocycles. The Morgan fingerprint density at radius 1 is 1.68 bits per heavy atom. The van der Waals surface area contributed by atoms with Crippen molar-refractivity contribution in [3.05, 3.63) is 32.9 Å². The third-order valence-corrected chi connectivity index (χ3v) is 3.58. The van der Waals surface area contributed by atoms with Crippen molar-refractivity contribution in [3.8, 4) is 0 Å². The molecule has 0 amide bonds. The van der Waals surface area contributed by atoms with Gasteiger partial charge in [-0.05, 0) is 12.5 Å². The highest BCUT2D eigenvalue weighted by atomic mass is 16.5. The van der Waals surface area contributed by atoms with E-state index in [9.17, 15) is 9.90 Å². The Kier molecular flexibility index (Phi) is 3.54. The zero-order valence-corrected chi connectivity index (χ0v) is 11.6. The van der Waals surface area contributed by atoms with E-state index in [1.165, 1.54) is 10.9 Å². The number of imidazole rings is 1. The van der Waals surface area contributed by atoms with Gasteiger partial charge in [-0.25, -0.2) is 9.97 Å². The van der Waals surface area contributed by atoms with E-state index >= 15 is 0 Å². The summed E-state index contributed by atoms with van der Waals surface area (Å²) >= 11 is 0. The number of aromatic amines is 1. The summed E-state index contributed by atoms with van der Waals surface area (Å²) in [7, 11) is 0. The average Bonchev–Trinajstić information content (AvgIpc) is 3.00. The van der Waals surface area contributed by atoms with Gasteiger partial charge in [-0.2, -0.15) is 0 Å². The fourth-order valence-corrected chi connectivity index (χ4v) is 2.49. The highest BCUT2D eigenvalue weighted by Gasteiger charge is 2.42. The first-order valence-electron chi connectivity index (χ1n) is 6.56. The van der Waals surface area contributed by atoms with Gasteiger partial charge in [-0.3, -0.25) is 9.36 Å². The molecule has 116 valence electrons. The quantitative estimate of drug-likeness (QED) is 0.385. The van der Waals surface area contributed by atoms with E-state index in [4.69, 9.17) is 16.0 Å². The monoisotopic (exact) mass is 306 g/mol. The number of aryl methyl sites for hydroxylation is 1. The number of aromatic nitrogens is 4. The minimum atomic E-state index is -1.04. The zero-order chi connectivity index (χ0) is 15.9. The molecule has 4 N–H and O–H groups in total. The van der Waals surface area contributed by atoms with Crippen LogP contribution in [0.15, 0.2) is 16.2 Å². The minimum absolute atomic E-state index is 0.00486. The molecule has 2 aromatic rings. The van der Waals surface area contributed by atoms with Gasteiger partial charge in [-0.1, -0.05) is 5.11 Å². The molecular formula is C11H14N8O3. The molecule has 0 bridgehead atoms. The lowest BCUT2D eigenvalue weighted by Crippen LogP contribution is -2.40. The van der Waals surface area contributed by atoms with Crippen LogP contribution in [0.1, 0.15) is 12.1 Å². The van der Waals surface area contributed by atoms with Crippen LogP contribution in [0, 0.1) is 6.92 Å². The summed E-state index contributed by atoms with van der Waals surface area (Å²) in [6.07, 6.45) is -1.16. The van der Waals surface area contributed by atoms with Crippen LogP contribution in [0.3, 0.4) is 0 Å². The number of hydrogen-bond acceptors (Lipinski definition) is 7. The molecule has 0 spiro atoms. The van der Waals surface area contributed by atoms with Gasteiger partial charge in [0.2, 0.25) is 0 Å². The van der Waals surface area contributed by atoms with Gasteiger partial charge >= 0.3 is 0 Å². The molecule has 0 radical (unpaired) electrons. The lowest BCUT2D eigenvalue weighted by molar-refractivity contribution is -0.0321. The highest BCUT2D eigenvalue weighted by Crippen LogP contribution is 2.30. The van der Waals surface area contributed by atoms with Crippen molar-refractivity contribution in [2.24, 2.45) is 10.8 Å². The number of fused-ring (bicyclic) bond motifs is 1. The average molecular weight is 306 g/mol. The van der Waals surface area contributed by atoms with Crippen molar-refractivity contribution in [2.75, 3.05) is 6.54 Å². The molecule has 2 aromatic heterocycles. The first-order chi connectivity index (χ1) is 10.5. The number of azide groups is 1. The summed E-state index contributed by atoms with van der Waals surface area (Å²) < 4.78 is 7.11. The molecule has 4 atom stereocenters. The van der Waals surface area contributed by atoms with Crippen LogP contribution < -0.4 is 11.3 Å². The second-order valence-corrected chi connectivity index (χ2v) is 5.02. The molecule has 3 rings (SSSR count). The second kappa shape index (κ2) is 5.39. The standard InChI is InChI=1S/C11H14N8O3/c1-4-16-9-7(10(21)17-4)14-3-19(9)11-8(20)6(12)5(22-11)2-15-18-13/h3,5-6,8,11,20H,2,12H2,1H3,(H,16,17,21)/t5-,6?,8+,11-/m1/s1. The van der Waals surface area contributed by atoms with Crippen molar-refractivity contribution in [1.82, 2.24) is 19.5 Å². The second-order valence-electron chi connectivity index (χ2n) is 5.02. The van der Waals surface area contributed by atoms with Gasteiger partial charge in [0.05, 0.1) is 25.0 Å². The third kappa shape index (κ3) is 2.22. The topological polar surface area (TPSA) is 168 Å². The molecule has 3 heterocycles. The van der Waals surface area contributed by atoms with Crippen LogP contribution in [0.5, 0.6) is 0 Å². The van der Waals surface area contributed by atoms with E-state index < -0.39 is 24.5 Å². The number of rotatable bonds is 3. The summed E-state index contributed by atoms with van der Waals surface area (Å²) in [6.45, 7) is 1.64. The number of nitrogens with one attached hydrogen (secondary N) is 1.